The predicted molar refractivity (Wildman–Crippen MR) is 87.4 cm³/mol. The van der Waals surface area contributed by atoms with E-state index in [2.05, 4.69) is 37.6 Å². The van der Waals surface area contributed by atoms with Crippen LogP contribution in [0.3, 0.4) is 0 Å². The van der Waals surface area contributed by atoms with E-state index < -0.39 is 0 Å². The maximum atomic E-state index is 4.60. The van der Waals surface area contributed by atoms with Crippen molar-refractivity contribution in [1.82, 2.24) is 20.2 Å². The van der Waals surface area contributed by atoms with Crippen molar-refractivity contribution in [3.8, 4) is 0 Å². The largest absolute Gasteiger partial charge is 0.364 e. The van der Waals surface area contributed by atoms with Gasteiger partial charge < -0.3 is 20.5 Å². The van der Waals surface area contributed by atoms with Crippen LogP contribution in [0, 0.1) is 5.92 Å². The summed E-state index contributed by atoms with van der Waals surface area (Å²) < 4.78 is 0. The zero-order chi connectivity index (χ0) is 14.6. The Morgan fingerprint density at radius 1 is 1.23 bits per heavy atom. The summed E-state index contributed by atoms with van der Waals surface area (Å²) in [4.78, 5) is 10.5. The van der Waals surface area contributed by atoms with E-state index in [0.717, 1.165) is 35.1 Å². The summed E-state index contributed by atoms with van der Waals surface area (Å²) in [5.74, 6) is 2.73. The number of rotatable bonds is 2. The zero-order valence-electron chi connectivity index (χ0n) is 12.6. The standard InChI is InChI=1S/C17H21N5/c1-2-4-14-13(3-1)18-16(19-14)20-15-5-8-17(21-15)11-22-9-6-12(17)7-10-22/h1-5,12,21H,6-11H2,(H2,18,19,20). The molecular weight excluding hydrogens is 274 g/mol. The van der Waals surface area contributed by atoms with Crippen LogP contribution in [0.25, 0.3) is 11.0 Å². The molecule has 2 bridgehead atoms. The molecule has 2 aromatic rings. The van der Waals surface area contributed by atoms with Gasteiger partial charge in [0.2, 0.25) is 5.95 Å². The number of hydrogen-bond acceptors (Lipinski definition) is 4. The van der Waals surface area contributed by atoms with Gasteiger partial charge in [-0.3, -0.25) is 0 Å². The van der Waals surface area contributed by atoms with E-state index in [-0.39, 0.29) is 5.54 Å². The Labute approximate surface area is 129 Å². The molecule has 0 aliphatic carbocycles. The van der Waals surface area contributed by atoms with Gasteiger partial charge in [-0.25, -0.2) is 4.98 Å². The number of para-hydroxylation sites is 2. The minimum Gasteiger partial charge on any atom is -0.364 e. The number of anilines is 1. The minimum atomic E-state index is 0.255. The average molecular weight is 295 g/mol. The molecule has 5 heterocycles. The molecule has 1 aromatic heterocycles. The summed E-state index contributed by atoms with van der Waals surface area (Å²) in [6, 6.07) is 8.13. The number of hydrogen-bond donors (Lipinski definition) is 3. The lowest BCUT2D eigenvalue weighted by molar-refractivity contribution is 0.0189. The van der Waals surface area contributed by atoms with Crippen LogP contribution in [0.1, 0.15) is 19.3 Å². The topological polar surface area (TPSA) is 56.0 Å². The zero-order valence-corrected chi connectivity index (χ0v) is 12.6. The molecular formula is C17H21N5. The van der Waals surface area contributed by atoms with Crippen LogP contribution in [-0.2, 0) is 0 Å². The van der Waals surface area contributed by atoms with Gasteiger partial charge in [-0.1, -0.05) is 12.1 Å². The first kappa shape index (κ1) is 12.5. The van der Waals surface area contributed by atoms with Crippen molar-refractivity contribution >= 4 is 17.0 Å². The third-order valence-electron chi connectivity index (χ3n) is 5.57. The number of aromatic amines is 1. The molecule has 5 nitrogen and oxygen atoms in total. The number of fused-ring (bicyclic) bond motifs is 3. The molecule has 0 saturated carbocycles. The first-order valence-corrected chi connectivity index (χ1v) is 8.23. The fraction of sp³-hybridized carbons (Fsp3) is 0.471. The van der Waals surface area contributed by atoms with E-state index in [1.165, 1.54) is 32.5 Å². The summed E-state index contributed by atoms with van der Waals surface area (Å²) in [5.41, 5.74) is 2.33. The normalized spacial score (nSPS) is 33.2. The number of imidazole rings is 1. The third-order valence-corrected chi connectivity index (χ3v) is 5.57. The fourth-order valence-corrected chi connectivity index (χ4v) is 4.42. The quantitative estimate of drug-likeness (QED) is 0.795. The maximum absolute atomic E-state index is 4.60. The number of nitrogens with one attached hydrogen (secondary N) is 3. The van der Waals surface area contributed by atoms with Crippen LogP contribution in [0.5, 0.6) is 0 Å². The van der Waals surface area contributed by atoms with E-state index in [0.29, 0.717) is 0 Å². The lowest BCUT2D eigenvalue weighted by atomic mass is 9.72. The second-order valence-corrected chi connectivity index (χ2v) is 6.88. The maximum Gasteiger partial charge on any atom is 0.206 e. The molecule has 0 amide bonds. The first-order valence-electron chi connectivity index (χ1n) is 8.23. The summed E-state index contributed by atoms with van der Waals surface area (Å²) in [6.07, 6.45) is 6.09. The molecule has 0 radical (unpaired) electrons. The summed E-state index contributed by atoms with van der Waals surface area (Å²) >= 11 is 0. The van der Waals surface area contributed by atoms with Crippen LogP contribution in [-0.4, -0.2) is 40.0 Å². The predicted octanol–water partition coefficient (Wildman–Crippen LogP) is 2.27. The van der Waals surface area contributed by atoms with Crippen molar-refractivity contribution in [2.75, 3.05) is 25.0 Å². The van der Waals surface area contributed by atoms with Crippen molar-refractivity contribution < 1.29 is 0 Å². The van der Waals surface area contributed by atoms with Gasteiger partial charge in [0.1, 0.15) is 5.82 Å². The average Bonchev–Trinajstić information content (AvgIpc) is 3.12. The van der Waals surface area contributed by atoms with Crippen molar-refractivity contribution in [3.05, 3.63) is 36.2 Å². The lowest BCUT2D eigenvalue weighted by Gasteiger charge is -2.52. The highest BCUT2D eigenvalue weighted by Gasteiger charge is 2.48. The monoisotopic (exact) mass is 295 g/mol. The molecule has 5 heteroatoms. The number of nitrogens with zero attached hydrogens (tertiary/aromatic N) is 2. The number of benzene rings is 1. The van der Waals surface area contributed by atoms with Crippen LogP contribution in [0.15, 0.2) is 36.2 Å². The molecule has 1 aromatic carbocycles. The van der Waals surface area contributed by atoms with Gasteiger partial charge in [-0.2, -0.15) is 0 Å². The van der Waals surface area contributed by atoms with Gasteiger partial charge in [0.25, 0.3) is 0 Å². The van der Waals surface area contributed by atoms with Crippen molar-refractivity contribution in [2.24, 2.45) is 5.92 Å². The second-order valence-electron chi connectivity index (χ2n) is 6.88. The second kappa shape index (κ2) is 4.49. The van der Waals surface area contributed by atoms with Crippen LogP contribution < -0.4 is 10.6 Å². The van der Waals surface area contributed by atoms with Crippen molar-refractivity contribution in [1.29, 1.82) is 0 Å². The molecule has 4 aliphatic rings. The minimum absolute atomic E-state index is 0.255. The highest BCUT2D eigenvalue weighted by Crippen LogP contribution is 2.41. The summed E-state index contributed by atoms with van der Waals surface area (Å²) in [6.45, 7) is 3.74. The van der Waals surface area contributed by atoms with Gasteiger partial charge in [0.05, 0.1) is 16.6 Å². The Morgan fingerprint density at radius 2 is 2.09 bits per heavy atom. The van der Waals surface area contributed by atoms with Gasteiger partial charge in [-0.05, 0) is 56.5 Å². The van der Waals surface area contributed by atoms with Crippen LogP contribution in [0.2, 0.25) is 0 Å². The Hall–Kier alpha value is -2.01. The van der Waals surface area contributed by atoms with Crippen LogP contribution in [0.4, 0.5) is 5.95 Å². The summed E-state index contributed by atoms with van der Waals surface area (Å²) in [5, 5.41) is 7.21. The highest BCUT2D eigenvalue weighted by molar-refractivity contribution is 5.77. The smallest absolute Gasteiger partial charge is 0.206 e. The lowest BCUT2D eigenvalue weighted by Crippen LogP contribution is -2.64. The molecule has 1 atom stereocenters. The molecule has 3 N–H and O–H groups in total. The third kappa shape index (κ3) is 1.85. The molecule has 4 aliphatic heterocycles. The molecule has 22 heavy (non-hydrogen) atoms. The molecule has 114 valence electrons. The fourth-order valence-electron chi connectivity index (χ4n) is 4.42. The Kier molecular flexibility index (Phi) is 2.56. The van der Waals surface area contributed by atoms with Crippen molar-refractivity contribution in [3.63, 3.8) is 0 Å². The molecule has 1 unspecified atom stereocenters. The van der Waals surface area contributed by atoms with Crippen LogP contribution >= 0.6 is 0 Å². The Bertz CT molecular complexity index is 707. The Balaban J connectivity index is 1.35. The molecule has 1 spiro atoms. The van der Waals surface area contributed by atoms with E-state index in [1.807, 2.05) is 18.2 Å². The molecule has 3 saturated heterocycles. The molecule has 3 fully saturated rings. The SMILES string of the molecule is C1=C(Nc2nc3ccccc3[nH]2)NC2(C1)CN1CCC2CC1. The van der Waals surface area contributed by atoms with E-state index in [9.17, 15) is 0 Å². The van der Waals surface area contributed by atoms with Gasteiger partial charge in [0, 0.05) is 6.54 Å². The highest BCUT2D eigenvalue weighted by atomic mass is 15.3. The van der Waals surface area contributed by atoms with E-state index in [4.69, 9.17) is 0 Å². The van der Waals surface area contributed by atoms with Gasteiger partial charge in [0.15, 0.2) is 0 Å². The molecule has 6 rings (SSSR count). The summed E-state index contributed by atoms with van der Waals surface area (Å²) in [7, 11) is 0. The number of H-pyrrole nitrogens is 1. The first-order chi connectivity index (χ1) is 10.8. The Morgan fingerprint density at radius 3 is 2.86 bits per heavy atom. The van der Waals surface area contributed by atoms with Gasteiger partial charge >= 0.3 is 0 Å². The van der Waals surface area contributed by atoms with E-state index >= 15 is 0 Å². The van der Waals surface area contributed by atoms with Crippen molar-refractivity contribution in [2.45, 2.75) is 24.8 Å². The van der Waals surface area contributed by atoms with Gasteiger partial charge in [-0.15, -0.1) is 0 Å². The number of piperidine rings is 3. The number of aromatic nitrogens is 2. The van der Waals surface area contributed by atoms with E-state index in [1.54, 1.807) is 0 Å².